The minimum Gasteiger partial charge on any atom is -0.489 e. The predicted octanol–water partition coefficient (Wildman–Crippen LogP) is 2.58. The zero-order valence-electron chi connectivity index (χ0n) is 15.6. The molecule has 2 amide bonds. The molecule has 0 spiro atoms. The number of nitrogens with one attached hydrogen (secondary N) is 1. The van der Waals surface area contributed by atoms with Crippen LogP contribution in [0.5, 0.6) is 5.75 Å². The van der Waals surface area contributed by atoms with Gasteiger partial charge in [0.25, 0.3) is 0 Å². The summed E-state index contributed by atoms with van der Waals surface area (Å²) in [5, 5.41) is 7.93. The van der Waals surface area contributed by atoms with Crippen molar-refractivity contribution in [3.05, 3.63) is 35.8 Å². The molecule has 1 aliphatic heterocycles. The van der Waals surface area contributed by atoms with Crippen LogP contribution in [0, 0.1) is 5.82 Å². The van der Waals surface area contributed by atoms with Crippen molar-refractivity contribution >= 4 is 33.6 Å². The van der Waals surface area contributed by atoms with Gasteiger partial charge < -0.3 is 14.2 Å². The van der Waals surface area contributed by atoms with Crippen molar-refractivity contribution in [1.82, 2.24) is 15.4 Å². The normalized spacial score (nSPS) is 17.5. The average Bonchev–Trinajstić information content (AvgIpc) is 3.07. The van der Waals surface area contributed by atoms with Gasteiger partial charge in [0, 0.05) is 18.4 Å². The molecule has 4 rings (SSSR count). The Morgan fingerprint density at radius 1 is 1.25 bits per heavy atom. The van der Waals surface area contributed by atoms with Crippen LogP contribution in [0.25, 0.3) is 21.7 Å². The lowest BCUT2D eigenvalue weighted by molar-refractivity contribution is -0.134. The standard InChI is InChI=1S/C20H20FN3O4/c1-24(2)9-10-27-15-7-3-11-12(18(15)21)4-6-14-17(11)19(23-28-14)13-5-8-16(25)22-20(13)26/h3-4,6-7,13H,5,8-10H2,1-2H3,(H,22,25,26)/t13-/m1/s1. The Balaban J connectivity index is 1.77. The van der Waals surface area contributed by atoms with Gasteiger partial charge in [0.15, 0.2) is 17.1 Å². The van der Waals surface area contributed by atoms with Crippen molar-refractivity contribution < 1.29 is 23.2 Å². The first-order valence-corrected chi connectivity index (χ1v) is 9.07. The maximum absolute atomic E-state index is 15.0. The third-order valence-electron chi connectivity index (χ3n) is 4.93. The zero-order chi connectivity index (χ0) is 19.8. The van der Waals surface area contributed by atoms with Crippen molar-refractivity contribution in [3.8, 4) is 5.75 Å². The summed E-state index contributed by atoms with van der Waals surface area (Å²) in [6, 6.07) is 6.57. The van der Waals surface area contributed by atoms with E-state index in [4.69, 9.17) is 9.26 Å². The van der Waals surface area contributed by atoms with Crippen LogP contribution in [0.3, 0.4) is 0 Å². The number of aromatic nitrogens is 1. The first kappa shape index (κ1) is 18.4. The van der Waals surface area contributed by atoms with Gasteiger partial charge in [0.1, 0.15) is 12.3 Å². The number of hydrogen-bond acceptors (Lipinski definition) is 6. The van der Waals surface area contributed by atoms with Gasteiger partial charge in [-0.05, 0) is 50.2 Å². The van der Waals surface area contributed by atoms with Crippen LogP contribution in [0.2, 0.25) is 0 Å². The predicted molar refractivity (Wildman–Crippen MR) is 101 cm³/mol. The highest BCUT2D eigenvalue weighted by molar-refractivity contribution is 6.10. The number of benzene rings is 2. The van der Waals surface area contributed by atoms with Crippen LogP contribution < -0.4 is 10.1 Å². The van der Waals surface area contributed by atoms with E-state index in [0.717, 1.165) is 0 Å². The minimum atomic E-state index is -0.608. The third-order valence-corrected chi connectivity index (χ3v) is 4.93. The lowest BCUT2D eigenvalue weighted by Crippen LogP contribution is -2.39. The third kappa shape index (κ3) is 3.20. The molecule has 146 valence electrons. The summed E-state index contributed by atoms with van der Waals surface area (Å²) in [6.07, 6.45) is 0.574. The molecule has 0 radical (unpaired) electrons. The molecular weight excluding hydrogens is 365 g/mol. The molecule has 1 aliphatic rings. The molecule has 0 saturated carbocycles. The van der Waals surface area contributed by atoms with Crippen LogP contribution >= 0.6 is 0 Å². The number of amides is 2. The number of imide groups is 1. The summed E-state index contributed by atoms with van der Waals surface area (Å²) in [4.78, 5) is 25.6. The number of rotatable bonds is 5. The summed E-state index contributed by atoms with van der Waals surface area (Å²) in [6.45, 7) is 1.04. The number of carbonyl (C=O) groups excluding carboxylic acids is 2. The number of nitrogens with zero attached hydrogens (tertiary/aromatic N) is 2. The molecule has 1 atom stereocenters. The highest BCUT2D eigenvalue weighted by Crippen LogP contribution is 2.37. The maximum Gasteiger partial charge on any atom is 0.235 e. The topological polar surface area (TPSA) is 84.7 Å². The van der Waals surface area contributed by atoms with Gasteiger partial charge >= 0.3 is 0 Å². The molecule has 0 bridgehead atoms. The van der Waals surface area contributed by atoms with E-state index in [0.29, 0.717) is 47.0 Å². The summed E-state index contributed by atoms with van der Waals surface area (Å²) in [7, 11) is 3.83. The Morgan fingerprint density at radius 2 is 2.04 bits per heavy atom. The Labute approximate surface area is 160 Å². The first-order valence-electron chi connectivity index (χ1n) is 9.07. The maximum atomic E-state index is 15.0. The number of ether oxygens (including phenoxy) is 1. The fourth-order valence-corrected chi connectivity index (χ4v) is 3.46. The Hall–Kier alpha value is -3.00. The van der Waals surface area contributed by atoms with E-state index in [1.807, 2.05) is 19.0 Å². The molecule has 0 unspecified atom stereocenters. The van der Waals surface area contributed by atoms with Crippen LogP contribution in [0.1, 0.15) is 24.5 Å². The van der Waals surface area contributed by atoms with E-state index in [2.05, 4.69) is 10.5 Å². The van der Waals surface area contributed by atoms with Gasteiger partial charge in [-0.15, -0.1) is 0 Å². The van der Waals surface area contributed by atoms with Crippen molar-refractivity contribution in [2.24, 2.45) is 0 Å². The smallest absolute Gasteiger partial charge is 0.235 e. The molecule has 0 aliphatic carbocycles. The molecule has 1 saturated heterocycles. The lowest BCUT2D eigenvalue weighted by atomic mass is 9.91. The molecule has 1 fully saturated rings. The quantitative estimate of drug-likeness (QED) is 0.680. The number of piperidine rings is 1. The van der Waals surface area contributed by atoms with Gasteiger partial charge in [-0.2, -0.15) is 0 Å². The van der Waals surface area contributed by atoms with E-state index in [-0.39, 0.29) is 18.1 Å². The second-order valence-corrected chi connectivity index (χ2v) is 7.13. The number of hydrogen-bond donors (Lipinski definition) is 1. The fraction of sp³-hybridized carbons (Fsp3) is 0.350. The number of likely N-dealkylation sites (N-methyl/N-ethyl adjacent to an activating group) is 1. The number of halogens is 1. The molecule has 1 aromatic heterocycles. The summed E-state index contributed by atoms with van der Waals surface area (Å²) in [5.41, 5.74) is 0.888. The number of carbonyl (C=O) groups is 2. The average molecular weight is 385 g/mol. The molecule has 8 heteroatoms. The highest BCUT2D eigenvalue weighted by Gasteiger charge is 2.32. The van der Waals surface area contributed by atoms with Crippen LogP contribution in [-0.2, 0) is 9.59 Å². The number of fused-ring (bicyclic) bond motifs is 3. The second-order valence-electron chi connectivity index (χ2n) is 7.13. The molecule has 7 nitrogen and oxygen atoms in total. The SMILES string of the molecule is CN(C)CCOc1ccc2c(ccc3onc([C@H]4CCC(=O)NC4=O)c32)c1F. The van der Waals surface area contributed by atoms with Crippen molar-refractivity contribution in [2.45, 2.75) is 18.8 Å². The first-order chi connectivity index (χ1) is 13.5. The van der Waals surface area contributed by atoms with Gasteiger partial charge in [-0.3, -0.25) is 14.9 Å². The Morgan fingerprint density at radius 3 is 2.79 bits per heavy atom. The van der Waals surface area contributed by atoms with Gasteiger partial charge in [-0.1, -0.05) is 5.16 Å². The lowest BCUT2D eigenvalue weighted by Gasteiger charge is -2.19. The highest BCUT2D eigenvalue weighted by atomic mass is 19.1. The van der Waals surface area contributed by atoms with Crippen LogP contribution in [0.4, 0.5) is 4.39 Å². The van der Waals surface area contributed by atoms with Crippen molar-refractivity contribution in [1.29, 1.82) is 0 Å². The van der Waals surface area contributed by atoms with E-state index in [1.54, 1.807) is 24.3 Å². The van der Waals surface area contributed by atoms with Crippen molar-refractivity contribution in [3.63, 3.8) is 0 Å². The molecule has 2 heterocycles. The Bertz CT molecular complexity index is 1080. The molecule has 3 aromatic rings. The molecule has 2 aromatic carbocycles. The van der Waals surface area contributed by atoms with Crippen LogP contribution in [-0.4, -0.2) is 49.1 Å². The van der Waals surface area contributed by atoms with Crippen molar-refractivity contribution in [2.75, 3.05) is 27.2 Å². The zero-order valence-corrected chi connectivity index (χ0v) is 15.6. The second kappa shape index (κ2) is 7.20. The largest absolute Gasteiger partial charge is 0.489 e. The molecular formula is C20H20FN3O4. The monoisotopic (exact) mass is 385 g/mol. The van der Waals surface area contributed by atoms with Gasteiger partial charge in [0.05, 0.1) is 11.3 Å². The van der Waals surface area contributed by atoms with Gasteiger partial charge in [-0.25, -0.2) is 4.39 Å². The molecule has 1 N–H and O–H groups in total. The van der Waals surface area contributed by atoms with E-state index in [9.17, 15) is 9.59 Å². The van der Waals surface area contributed by atoms with E-state index < -0.39 is 17.6 Å². The minimum absolute atomic E-state index is 0.174. The summed E-state index contributed by atoms with van der Waals surface area (Å²) in [5.74, 6) is -1.61. The van der Waals surface area contributed by atoms with E-state index >= 15 is 4.39 Å². The van der Waals surface area contributed by atoms with E-state index in [1.165, 1.54) is 0 Å². The van der Waals surface area contributed by atoms with Gasteiger partial charge in [0.2, 0.25) is 11.8 Å². The Kier molecular flexibility index (Phi) is 4.72. The summed E-state index contributed by atoms with van der Waals surface area (Å²) < 4.78 is 26.0. The molecule has 28 heavy (non-hydrogen) atoms. The summed E-state index contributed by atoms with van der Waals surface area (Å²) >= 11 is 0. The fourth-order valence-electron chi connectivity index (χ4n) is 3.46. The van der Waals surface area contributed by atoms with Crippen LogP contribution in [0.15, 0.2) is 28.8 Å².